The van der Waals surface area contributed by atoms with Crippen LogP contribution in [0.5, 0.6) is 0 Å². The number of hydrogen-bond acceptors (Lipinski definition) is 7. The van der Waals surface area contributed by atoms with Crippen LogP contribution < -0.4 is 21.6 Å². The number of carbonyl (C=O) groups excluding carboxylic acids is 1. The van der Waals surface area contributed by atoms with E-state index in [0.29, 0.717) is 0 Å². The first-order valence-electron chi connectivity index (χ1n) is 8.93. The van der Waals surface area contributed by atoms with Crippen LogP contribution in [-0.4, -0.2) is 39.6 Å². The molecule has 1 saturated heterocycles. The van der Waals surface area contributed by atoms with Gasteiger partial charge in [0.15, 0.2) is 0 Å². The van der Waals surface area contributed by atoms with Gasteiger partial charge in [-0.15, -0.1) is 10.2 Å². The zero-order valence-corrected chi connectivity index (χ0v) is 16.3. The molecule has 1 aliphatic heterocycles. The van der Waals surface area contributed by atoms with Crippen molar-refractivity contribution in [3.63, 3.8) is 0 Å². The summed E-state index contributed by atoms with van der Waals surface area (Å²) in [6.07, 6.45) is 2.42. The van der Waals surface area contributed by atoms with Crippen molar-refractivity contribution in [2.24, 2.45) is 5.92 Å². The Morgan fingerprint density at radius 1 is 1.26 bits per heavy atom. The lowest BCUT2D eigenvalue weighted by atomic mass is 9.99. The third-order valence-electron chi connectivity index (χ3n) is 4.65. The third-order valence-corrected chi connectivity index (χ3v) is 5.60. The minimum absolute atomic E-state index is 0.0835. The fourth-order valence-electron chi connectivity index (χ4n) is 2.92. The summed E-state index contributed by atoms with van der Waals surface area (Å²) in [5.41, 5.74) is 1.70. The number of aromatic nitrogens is 3. The summed E-state index contributed by atoms with van der Waals surface area (Å²) < 4.78 is 0.911. The molecule has 1 fully saturated rings. The second-order valence-corrected chi connectivity index (χ2v) is 7.74. The molecule has 9 heteroatoms. The SMILES string of the molecule is Cc1nnc(SCC(=O)Nc2ccc(N3CCC(C)CC3)cc2)n(N)c1=O. The van der Waals surface area contributed by atoms with Gasteiger partial charge in [0.05, 0.1) is 5.75 Å². The molecule has 0 bridgehead atoms. The number of hydrogen-bond donors (Lipinski definition) is 2. The van der Waals surface area contributed by atoms with E-state index in [2.05, 4.69) is 27.3 Å². The second-order valence-electron chi connectivity index (χ2n) is 6.80. The molecule has 1 aliphatic rings. The average Bonchev–Trinajstić information content (AvgIpc) is 2.67. The maximum absolute atomic E-state index is 12.2. The van der Waals surface area contributed by atoms with E-state index in [1.54, 1.807) is 0 Å². The first-order valence-corrected chi connectivity index (χ1v) is 9.91. The van der Waals surface area contributed by atoms with Gasteiger partial charge in [-0.3, -0.25) is 9.59 Å². The van der Waals surface area contributed by atoms with Gasteiger partial charge in [-0.1, -0.05) is 18.7 Å². The number of thioether (sulfide) groups is 1. The number of nitrogen functional groups attached to an aromatic ring is 1. The lowest BCUT2D eigenvalue weighted by Gasteiger charge is -2.32. The Labute approximate surface area is 162 Å². The van der Waals surface area contributed by atoms with Crippen molar-refractivity contribution >= 4 is 29.0 Å². The molecule has 3 N–H and O–H groups in total. The maximum atomic E-state index is 12.2. The molecule has 0 atom stereocenters. The van der Waals surface area contributed by atoms with E-state index >= 15 is 0 Å². The van der Waals surface area contributed by atoms with Crippen LogP contribution in [0.1, 0.15) is 25.5 Å². The molecule has 1 aromatic heterocycles. The predicted molar refractivity (Wildman–Crippen MR) is 108 cm³/mol. The number of nitrogens with two attached hydrogens (primary N) is 1. The van der Waals surface area contributed by atoms with Crippen LogP contribution >= 0.6 is 11.8 Å². The van der Waals surface area contributed by atoms with Gasteiger partial charge in [0.25, 0.3) is 5.56 Å². The van der Waals surface area contributed by atoms with Crippen LogP contribution in [0, 0.1) is 12.8 Å². The summed E-state index contributed by atoms with van der Waals surface area (Å²) in [7, 11) is 0. The Hall–Kier alpha value is -2.55. The zero-order valence-electron chi connectivity index (χ0n) is 15.5. The fraction of sp³-hybridized carbons (Fsp3) is 0.444. The minimum atomic E-state index is -0.421. The summed E-state index contributed by atoms with van der Waals surface area (Å²) in [4.78, 5) is 26.2. The first kappa shape index (κ1) is 19.2. The molecule has 2 heterocycles. The van der Waals surface area contributed by atoms with Crippen molar-refractivity contribution in [2.45, 2.75) is 31.8 Å². The van der Waals surface area contributed by atoms with E-state index in [-0.39, 0.29) is 22.5 Å². The van der Waals surface area contributed by atoms with Crippen molar-refractivity contribution in [2.75, 3.05) is 34.9 Å². The number of rotatable bonds is 5. The zero-order chi connectivity index (χ0) is 19.4. The van der Waals surface area contributed by atoms with Gasteiger partial charge in [-0.2, -0.15) is 4.68 Å². The van der Waals surface area contributed by atoms with Crippen LogP contribution in [0.2, 0.25) is 0 Å². The van der Waals surface area contributed by atoms with Crippen LogP contribution in [0.3, 0.4) is 0 Å². The molecule has 0 spiro atoms. The smallest absolute Gasteiger partial charge is 0.294 e. The highest BCUT2D eigenvalue weighted by molar-refractivity contribution is 7.99. The summed E-state index contributed by atoms with van der Waals surface area (Å²) >= 11 is 1.07. The highest BCUT2D eigenvalue weighted by atomic mass is 32.2. The molecule has 3 rings (SSSR count). The Balaban J connectivity index is 1.54. The molecule has 0 saturated carbocycles. The van der Waals surface area contributed by atoms with Crippen LogP contribution in [-0.2, 0) is 4.79 Å². The molecular formula is C18H24N6O2S. The van der Waals surface area contributed by atoms with Gasteiger partial charge >= 0.3 is 0 Å². The van der Waals surface area contributed by atoms with E-state index in [1.165, 1.54) is 25.5 Å². The van der Waals surface area contributed by atoms with Gasteiger partial charge in [0, 0.05) is 24.5 Å². The topological polar surface area (TPSA) is 106 Å². The Morgan fingerprint density at radius 2 is 1.93 bits per heavy atom. The summed E-state index contributed by atoms with van der Waals surface area (Å²) in [6.45, 7) is 5.97. The first-order chi connectivity index (χ1) is 12.9. The molecule has 0 aliphatic carbocycles. The molecule has 1 aromatic carbocycles. The van der Waals surface area contributed by atoms with Gasteiger partial charge < -0.3 is 16.1 Å². The third kappa shape index (κ3) is 4.79. The number of amides is 1. The van der Waals surface area contributed by atoms with Crippen molar-refractivity contribution in [3.05, 3.63) is 40.3 Å². The quantitative estimate of drug-likeness (QED) is 0.592. The molecule has 0 unspecified atom stereocenters. The van der Waals surface area contributed by atoms with E-state index in [0.717, 1.165) is 41.1 Å². The lowest BCUT2D eigenvalue weighted by molar-refractivity contribution is -0.113. The Morgan fingerprint density at radius 3 is 2.59 bits per heavy atom. The number of nitrogens with one attached hydrogen (secondary N) is 1. The molecule has 1 amide bonds. The Bertz CT molecular complexity index is 859. The van der Waals surface area contributed by atoms with Gasteiger partial charge in [-0.25, -0.2) is 0 Å². The molecule has 2 aromatic rings. The maximum Gasteiger partial charge on any atom is 0.294 e. The molecule has 27 heavy (non-hydrogen) atoms. The Kier molecular flexibility index (Phi) is 6.00. The predicted octanol–water partition coefficient (Wildman–Crippen LogP) is 1.63. The van der Waals surface area contributed by atoms with Crippen LogP contribution in [0.25, 0.3) is 0 Å². The van der Waals surface area contributed by atoms with Gasteiger partial charge in [0.2, 0.25) is 11.1 Å². The van der Waals surface area contributed by atoms with E-state index in [1.807, 2.05) is 24.3 Å². The average molecular weight is 388 g/mol. The van der Waals surface area contributed by atoms with Gasteiger partial charge in [-0.05, 0) is 49.9 Å². The standard InChI is InChI=1S/C18H24N6O2S/c1-12-7-9-23(10-8-12)15-5-3-14(4-6-15)20-16(25)11-27-18-22-21-13(2)17(26)24(18)19/h3-6,12H,7-11,19H2,1-2H3,(H,20,25). The highest BCUT2D eigenvalue weighted by Crippen LogP contribution is 2.24. The van der Waals surface area contributed by atoms with Crippen molar-refractivity contribution in [1.29, 1.82) is 0 Å². The summed E-state index contributed by atoms with van der Waals surface area (Å²) in [6, 6.07) is 7.87. The summed E-state index contributed by atoms with van der Waals surface area (Å²) in [5, 5.41) is 10.6. The highest BCUT2D eigenvalue weighted by Gasteiger charge is 2.16. The molecule has 8 nitrogen and oxygen atoms in total. The van der Waals surface area contributed by atoms with E-state index in [4.69, 9.17) is 5.84 Å². The number of piperidine rings is 1. The molecule has 0 radical (unpaired) electrons. The number of carbonyl (C=O) groups is 1. The monoisotopic (exact) mass is 388 g/mol. The molecule has 144 valence electrons. The number of anilines is 2. The minimum Gasteiger partial charge on any atom is -0.372 e. The number of nitrogens with zero attached hydrogens (tertiary/aromatic N) is 4. The van der Waals surface area contributed by atoms with Crippen LogP contribution in [0.15, 0.2) is 34.2 Å². The summed E-state index contributed by atoms with van der Waals surface area (Å²) in [5.74, 6) is 6.34. The van der Waals surface area contributed by atoms with Crippen molar-refractivity contribution in [1.82, 2.24) is 14.9 Å². The second kappa shape index (κ2) is 8.43. The van der Waals surface area contributed by atoms with Crippen LogP contribution in [0.4, 0.5) is 11.4 Å². The van der Waals surface area contributed by atoms with Crippen molar-refractivity contribution < 1.29 is 4.79 Å². The van der Waals surface area contributed by atoms with E-state index < -0.39 is 5.56 Å². The normalized spacial score (nSPS) is 15.0. The lowest BCUT2D eigenvalue weighted by Crippen LogP contribution is -2.32. The van der Waals surface area contributed by atoms with Gasteiger partial charge in [0.1, 0.15) is 5.69 Å². The molecular weight excluding hydrogens is 364 g/mol. The fourth-order valence-corrected chi connectivity index (χ4v) is 3.57. The van der Waals surface area contributed by atoms with Crippen molar-refractivity contribution in [3.8, 4) is 0 Å². The number of benzene rings is 1. The van der Waals surface area contributed by atoms with E-state index in [9.17, 15) is 9.59 Å². The largest absolute Gasteiger partial charge is 0.372 e. The number of aryl methyl sites for hydroxylation is 1.